The summed E-state index contributed by atoms with van der Waals surface area (Å²) in [6.07, 6.45) is -0.744. The van der Waals surface area contributed by atoms with E-state index in [0.29, 0.717) is 6.07 Å². The lowest BCUT2D eigenvalue weighted by atomic mass is 10.1. The first kappa shape index (κ1) is 15.4. The van der Waals surface area contributed by atoms with Gasteiger partial charge >= 0.3 is 6.18 Å². The highest BCUT2D eigenvalue weighted by Crippen LogP contribution is 2.29. The number of carbonyl (C=O) groups excluding carboxylic acids is 2. The van der Waals surface area contributed by atoms with Gasteiger partial charge < -0.3 is 0 Å². The molecule has 2 N–H and O–H groups in total. The standard InChI is InChI=1S/C13H9F3N4O2/c14-13(15,16)9-3-1-2-8(6-9)11(21)19-20-12(22)10-7-17-4-5-18-10/h1-7H,(H,19,21)(H,20,22). The molecule has 0 spiro atoms. The zero-order valence-electron chi connectivity index (χ0n) is 10.9. The number of aromatic nitrogens is 2. The van der Waals surface area contributed by atoms with Crippen LogP contribution in [-0.4, -0.2) is 21.8 Å². The molecule has 0 atom stereocenters. The van der Waals surface area contributed by atoms with Gasteiger partial charge in [-0.15, -0.1) is 0 Å². The van der Waals surface area contributed by atoms with Crippen LogP contribution in [0.4, 0.5) is 13.2 Å². The number of hydrazine groups is 1. The van der Waals surface area contributed by atoms with Crippen molar-refractivity contribution < 1.29 is 22.8 Å². The van der Waals surface area contributed by atoms with Crippen molar-refractivity contribution >= 4 is 11.8 Å². The summed E-state index contributed by atoms with van der Waals surface area (Å²) in [5, 5.41) is 0. The fraction of sp³-hybridized carbons (Fsp3) is 0.0769. The van der Waals surface area contributed by atoms with Gasteiger partial charge in [-0.1, -0.05) is 6.07 Å². The molecule has 9 heteroatoms. The molecule has 0 radical (unpaired) electrons. The largest absolute Gasteiger partial charge is 0.416 e. The van der Waals surface area contributed by atoms with Gasteiger partial charge in [0.25, 0.3) is 11.8 Å². The molecule has 0 aliphatic carbocycles. The maximum absolute atomic E-state index is 12.6. The summed E-state index contributed by atoms with van der Waals surface area (Å²) in [4.78, 5) is 30.7. The maximum atomic E-state index is 12.6. The van der Waals surface area contributed by atoms with E-state index in [-0.39, 0.29) is 11.3 Å². The van der Waals surface area contributed by atoms with E-state index >= 15 is 0 Å². The lowest BCUT2D eigenvalue weighted by molar-refractivity contribution is -0.137. The second kappa shape index (κ2) is 6.20. The number of nitrogens with zero attached hydrogens (tertiary/aromatic N) is 2. The van der Waals surface area contributed by atoms with E-state index in [1.807, 2.05) is 10.9 Å². The molecule has 1 heterocycles. The number of hydrogen-bond acceptors (Lipinski definition) is 4. The highest BCUT2D eigenvalue weighted by atomic mass is 19.4. The summed E-state index contributed by atoms with van der Waals surface area (Å²) >= 11 is 0. The number of hydrogen-bond donors (Lipinski definition) is 2. The average Bonchev–Trinajstić information content (AvgIpc) is 2.52. The molecular formula is C13H9F3N4O2. The third kappa shape index (κ3) is 3.78. The van der Waals surface area contributed by atoms with E-state index < -0.39 is 23.6 Å². The number of halogens is 3. The number of nitrogens with one attached hydrogen (secondary N) is 2. The van der Waals surface area contributed by atoms with Crippen molar-refractivity contribution in [1.29, 1.82) is 0 Å². The van der Waals surface area contributed by atoms with Gasteiger partial charge in [0.1, 0.15) is 5.69 Å². The molecule has 0 aliphatic heterocycles. The molecule has 22 heavy (non-hydrogen) atoms. The van der Waals surface area contributed by atoms with Crippen molar-refractivity contribution in [2.24, 2.45) is 0 Å². The van der Waals surface area contributed by atoms with Crippen molar-refractivity contribution in [2.45, 2.75) is 6.18 Å². The smallest absolute Gasteiger partial charge is 0.267 e. The average molecular weight is 310 g/mol. The van der Waals surface area contributed by atoms with E-state index in [9.17, 15) is 22.8 Å². The topological polar surface area (TPSA) is 84.0 Å². The van der Waals surface area contributed by atoms with Crippen molar-refractivity contribution in [1.82, 2.24) is 20.8 Å². The zero-order chi connectivity index (χ0) is 16.2. The number of amides is 2. The molecule has 2 aromatic rings. The van der Waals surface area contributed by atoms with Crippen LogP contribution in [-0.2, 0) is 6.18 Å². The van der Waals surface area contributed by atoms with Crippen LogP contribution in [0, 0.1) is 0 Å². The van der Waals surface area contributed by atoms with E-state index in [4.69, 9.17) is 0 Å². The number of benzene rings is 1. The minimum atomic E-state index is -4.56. The van der Waals surface area contributed by atoms with E-state index in [1.165, 1.54) is 24.7 Å². The highest BCUT2D eigenvalue weighted by Gasteiger charge is 2.30. The van der Waals surface area contributed by atoms with Gasteiger partial charge in [-0.3, -0.25) is 25.4 Å². The van der Waals surface area contributed by atoms with Gasteiger partial charge in [-0.25, -0.2) is 4.98 Å². The normalized spacial score (nSPS) is 10.9. The molecule has 114 valence electrons. The minimum absolute atomic E-state index is 0.0492. The summed E-state index contributed by atoms with van der Waals surface area (Å²) in [5.74, 6) is -1.63. The fourth-order valence-corrected chi connectivity index (χ4v) is 1.50. The predicted octanol–water partition coefficient (Wildman–Crippen LogP) is 1.57. The van der Waals surface area contributed by atoms with Crippen molar-refractivity contribution in [3.8, 4) is 0 Å². The van der Waals surface area contributed by atoms with Crippen LogP contribution in [0.2, 0.25) is 0 Å². The Morgan fingerprint density at radius 2 is 1.77 bits per heavy atom. The Morgan fingerprint density at radius 1 is 1.05 bits per heavy atom. The molecular weight excluding hydrogens is 301 g/mol. The summed E-state index contributed by atoms with van der Waals surface area (Å²) in [7, 11) is 0. The Labute approximate surface area is 122 Å². The number of carbonyl (C=O) groups is 2. The number of rotatable bonds is 2. The first-order valence-electron chi connectivity index (χ1n) is 5.92. The van der Waals surface area contributed by atoms with Crippen molar-refractivity contribution in [3.63, 3.8) is 0 Å². The molecule has 0 bridgehead atoms. The minimum Gasteiger partial charge on any atom is -0.267 e. The van der Waals surface area contributed by atoms with Gasteiger partial charge in [0.05, 0.1) is 11.8 Å². The van der Waals surface area contributed by atoms with E-state index in [1.54, 1.807) is 0 Å². The Hall–Kier alpha value is -2.97. The predicted molar refractivity (Wildman–Crippen MR) is 68.4 cm³/mol. The summed E-state index contributed by atoms with van der Waals surface area (Å²) in [5.41, 5.74) is 2.79. The van der Waals surface area contributed by atoms with Crippen LogP contribution in [0.5, 0.6) is 0 Å². The van der Waals surface area contributed by atoms with Gasteiger partial charge in [-0.05, 0) is 18.2 Å². The highest BCUT2D eigenvalue weighted by molar-refractivity contribution is 5.98. The molecule has 2 amide bonds. The van der Waals surface area contributed by atoms with Crippen molar-refractivity contribution in [2.75, 3.05) is 0 Å². The fourth-order valence-electron chi connectivity index (χ4n) is 1.50. The van der Waals surface area contributed by atoms with Gasteiger partial charge in [0, 0.05) is 18.0 Å². The maximum Gasteiger partial charge on any atom is 0.416 e. The molecule has 1 aromatic heterocycles. The first-order valence-corrected chi connectivity index (χ1v) is 5.92. The molecule has 1 aromatic carbocycles. The third-order valence-corrected chi connectivity index (χ3v) is 2.54. The Balaban J connectivity index is 2.03. The monoisotopic (exact) mass is 310 g/mol. The third-order valence-electron chi connectivity index (χ3n) is 2.54. The lowest BCUT2D eigenvalue weighted by Gasteiger charge is -2.09. The van der Waals surface area contributed by atoms with Crippen LogP contribution < -0.4 is 10.9 Å². The SMILES string of the molecule is O=C(NNC(=O)c1cnccn1)c1cccc(C(F)(F)F)c1. The molecule has 0 aliphatic rings. The van der Waals surface area contributed by atoms with E-state index in [0.717, 1.165) is 12.1 Å². The lowest BCUT2D eigenvalue weighted by Crippen LogP contribution is -2.42. The summed E-state index contributed by atoms with van der Waals surface area (Å²) in [6.45, 7) is 0. The number of alkyl halides is 3. The molecule has 0 saturated heterocycles. The van der Waals surface area contributed by atoms with Crippen LogP contribution in [0.1, 0.15) is 26.4 Å². The van der Waals surface area contributed by atoms with Gasteiger partial charge in [0.15, 0.2) is 0 Å². The van der Waals surface area contributed by atoms with Crippen LogP contribution in [0.15, 0.2) is 42.9 Å². The first-order chi connectivity index (χ1) is 10.4. The quantitative estimate of drug-likeness (QED) is 0.825. The van der Waals surface area contributed by atoms with Crippen LogP contribution >= 0.6 is 0 Å². The summed E-state index contributed by atoms with van der Waals surface area (Å²) < 4.78 is 37.7. The summed E-state index contributed by atoms with van der Waals surface area (Å²) in [6, 6.07) is 3.82. The molecule has 6 nitrogen and oxygen atoms in total. The van der Waals surface area contributed by atoms with Gasteiger partial charge in [-0.2, -0.15) is 13.2 Å². The molecule has 2 rings (SSSR count). The Bertz CT molecular complexity index is 689. The van der Waals surface area contributed by atoms with Crippen molar-refractivity contribution in [3.05, 3.63) is 59.7 Å². The molecule has 0 saturated carbocycles. The van der Waals surface area contributed by atoms with Crippen LogP contribution in [0.25, 0.3) is 0 Å². The molecule has 0 fully saturated rings. The Morgan fingerprint density at radius 3 is 2.41 bits per heavy atom. The Kier molecular flexibility index (Phi) is 4.35. The van der Waals surface area contributed by atoms with Crippen LogP contribution in [0.3, 0.4) is 0 Å². The second-order valence-electron chi connectivity index (χ2n) is 4.08. The van der Waals surface area contributed by atoms with Gasteiger partial charge in [0.2, 0.25) is 0 Å². The second-order valence-corrected chi connectivity index (χ2v) is 4.08. The molecule has 0 unspecified atom stereocenters. The zero-order valence-corrected chi connectivity index (χ0v) is 10.9. The van der Waals surface area contributed by atoms with E-state index in [2.05, 4.69) is 9.97 Å².